The van der Waals surface area contributed by atoms with Crippen LogP contribution >= 0.6 is 0 Å². The zero-order valence-corrected chi connectivity index (χ0v) is 16.3. The fraction of sp³-hybridized carbons (Fsp3) is 0.824. The lowest BCUT2D eigenvalue weighted by atomic mass is 9.95. The van der Waals surface area contributed by atoms with E-state index in [-0.39, 0.29) is 0 Å². The fourth-order valence-electron chi connectivity index (χ4n) is 3.20. The second-order valence-corrected chi connectivity index (χ2v) is 8.47. The average Bonchev–Trinajstić information content (AvgIpc) is 3.14. The number of nitrogens with zero attached hydrogens (tertiary/aromatic N) is 4. The first-order valence-corrected chi connectivity index (χ1v) is 10.9. The molecule has 3 unspecified atom stereocenters. The van der Waals surface area contributed by atoms with Gasteiger partial charge in [0.2, 0.25) is 0 Å². The predicted octanol–water partition coefficient (Wildman–Crippen LogP) is 1.69. The van der Waals surface area contributed by atoms with Gasteiger partial charge in [0.25, 0.3) is 0 Å². The Hall–Kier alpha value is -1.44. The van der Waals surface area contributed by atoms with Crippen molar-refractivity contribution in [3.05, 3.63) is 12.7 Å². The lowest BCUT2D eigenvalue weighted by molar-refractivity contribution is 0.413. The van der Waals surface area contributed by atoms with E-state index in [1.165, 1.54) is 0 Å². The third-order valence-corrected chi connectivity index (χ3v) is 6.27. The monoisotopic (exact) mass is 368 g/mol. The van der Waals surface area contributed by atoms with Gasteiger partial charge in [-0.3, -0.25) is 9.20 Å². The van der Waals surface area contributed by atoms with Crippen LogP contribution in [0.15, 0.2) is 17.6 Å². The molecule has 2 rings (SSSR count). The minimum atomic E-state index is -0.688. The summed E-state index contributed by atoms with van der Waals surface area (Å²) in [6.45, 7) is 6.68. The van der Waals surface area contributed by atoms with E-state index in [9.17, 15) is 4.21 Å². The first kappa shape index (κ1) is 19.9. The summed E-state index contributed by atoms with van der Waals surface area (Å²) in [4.78, 5) is 4.69. The third-order valence-electron chi connectivity index (χ3n) is 4.53. The molecule has 0 aromatic carbocycles. The molecule has 0 aliphatic heterocycles. The molecule has 3 atom stereocenters. The van der Waals surface area contributed by atoms with E-state index in [0.717, 1.165) is 69.9 Å². The van der Waals surface area contributed by atoms with Gasteiger partial charge in [-0.1, -0.05) is 13.3 Å². The van der Waals surface area contributed by atoms with Crippen molar-refractivity contribution in [1.29, 1.82) is 0 Å². The Bertz CT molecular complexity index is 533. The molecule has 1 aromatic rings. The number of rotatable bonds is 9. The third kappa shape index (κ3) is 7.13. The molecule has 1 aliphatic carbocycles. The average molecular weight is 369 g/mol. The van der Waals surface area contributed by atoms with Gasteiger partial charge in [-0.2, -0.15) is 0 Å². The van der Waals surface area contributed by atoms with Gasteiger partial charge in [0, 0.05) is 47.5 Å². The number of nitrogens with one attached hydrogen (secondary N) is 2. The minimum absolute atomic E-state index is 0.336. The van der Waals surface area contributed by atoms with Crippen molar-refractivity contribution in [2.45, 2.75) is 70.2 Å². The van der Waals surface area contributed by atoms with E-state index in [2.05, 4.69) is 27.8 Å². The number of guanidine groups is 1. The summed E-state index contributed by atoms with van der Waals surface area (Å²) in [5.74, 6) is 1.65. The summed E-state index contributed by atoms with van der Waals surface area (Å²) >= 11 is 0. The second-order valence-electron chi connectivity index (χ2n) is 6.47. The maximum atomic E-state index is 12.1. The highest BCUT2D eigenvalue weighted by molar-refractivity contribution is 7.85. The van der Waals surface area contributed by atoms with Gasteiger partial charge in [-0.15, -0.1) is 10.2 Å². The molecule has 8 heteroatoms. The van der Waals surface area contributed by atoms with Crippen molar-refractivity contribution < 1.29 is 4.21 Å². The highest BCUT2D eigenvalue weighted by Gasteiger charge is 2.25. The maximum Gasteiger partial charge on any atom is 0.191 e. The van der Waals surface area contributed by atoms with Gasteiger partial charge >= 0.3 is 0 Å². The molecule has 2 N–H and O–H groups in total. The van der Waals surface area contributed by atoms with Crippen LogP contribution in [0.25, 0.3) is 0 Å². The Balaban J connectivity index is 1.75. The number of hydrogen-bond acceptors (Lipinski definition) is 4. The van der Waals surface area contributed by atoms with Gasteiger partial charge in [0.15, 0.2) is 5.96 Å². The lowest BCUT2D eigenvalue weighted by Crippen LogP contribution is -2.46. The van der Waals surface area contributed by atoms with Gasteiger partial charge in [-0.05, 0) is 39.0 Å². The standard InChI is InChI=1S/C17H32N6OS/c1-3-18-17(19-10-5-6-11-23-13-20-21-14-23)22-15-8-7-9-16(12-15)25(24)4-2/h13-16H,3-12H2,1-2H3,(H2,18,19,22). The van der Waals surface area contributed by atoms with Gasteiger partial charge in [0.1, 0.15) is 12.7 Å². The van der Waals surface area contributed by atoms with E-state index in [0.29, 0.717) is 11.3 Å². The molecular weight excluding hydrogens is 336 g/mol. The zero-order chi connectivity index (χ0) is 17.9. The van der Waals surface area contributed by atoms with E-state index in [1.54, 1.807) is 12.7 Å². The summed E-state index contributed by atoms with van der Waals surface area (Å²) in [6, 6.07) is 0.379. The smallest absolute Gasteiger partial charge is 0.191 e. The van der Waals surface area contributed by atoms with Crippen LogP contribution in [0.3, 0.4) is 0 Å². The van der Waals surface area contributed by atoms with Crippen LogP contribution in [0, 0.1) is 0 Å². The van der Waals surface area contributed by atoms with Crippen LogP contribution in [-0.4, -0.2) is 55.1 Å². The highest BCUT2D eigenvalue weighted by Crippen LogP contribution is 2.22. The number of aryl methyl sites for hydroxylation is 1. The van der Waals surface area contributed by atoms with Crippen LogP contribution in [0.4, 0.5) is 0 Å². The number of unbranched alkanes of at least 4 members (excludes halogenated alkanes) is 1. The Morgan fingerprint density at radius 2 is 2.08 bits per heavy atom. The molecule has 1 aliphatic rings. The molecule has 0 amide bonds. The minimum Gasteiger partial charge on any atom is -0.357 e. The molecule has 1 fully saturated rings. The maximum absolute atomic E-state index is 12.1. The van der Waals surface area contributed by atoms with Crippen molar-refractivity contribution in [3.8, 4) is 0 Å². The first-order valence-electron chi connectivity index (χ1n) is 9.47. The molecule has 1 aromatic heterocycles. The Morgan fingerprint density at radius 1 is 1.28 bits per heavy atom. The fourth-order valence-corrected chi connectivity index (χ4v) is 4.55. The van der Waals surface area contributed by atoms with Crippen molar-refractivity contribution in [1.82, 2.24) is 25.4 Å². The van der Waals surface area contributed by atoms with E-state index in [1.807, 2.05) is 11.5 Å². The van der Waals surface area contributed by atoms with E-state index in [4.69, 9.17) is 4.99 Å². The van der Waals surface area contributed by atoms with Crippen LogP contribution < -0.4 is 10.6 Å². The van der Waals surface area contributed by atoms with Crippen molar-refractivity contribution in [2.24, 2.45) is 4.99 Å². The Labute approximate surface area is 153 Å². The summed E-state index contributed by atoms with van der Waals surface area (Å²) in [7, 11) is -0.688. The molecule has 0 radical (unpaired) electrons. The quantitative estimate of drug-likeness (QED) is 0.394. The van der Waals surface area contributed by atoms with Crippen LogP contribution in [-0.2, 0) is 17.3 Å². The summed E-state index contributed by atoms with van der Waals surface area (Å²) in [6.07, 6.45) is 9.93. The molecule has 0 saturated heterocycles. The first-order chi connectivity index (χ1) is 12.2. The molecule has 0 spiro atoms. The van der Waals surface area contributed by atoms with E-state index >= 15 is 0 Å². The van der Waals surface area contributed by atoms with Gasteiger partial charge in [0.05, 0.1) is 0 Å². The normalized spacial score (nSPS) is 22.6. The lowest BCUT2D eigenvalue weighted by Gasteiger charge is -2.30. The summed E-state index contributed by atoms with van der Waals surface area (Å²) < 4.78 is 14.1. The van der Waals surface area contributed by atoms with Gasteiger partial charge in [-0.25, -0.2) is 0 Å². The summed E-state index contributed by atoms with van der Waals surface area (Å²) in [5.41, 5.74) is 0. The predicted molar refractivity (Wildman–Crippen MR) is 103 cm³/mol. The molecule has 142 valence electrons. The molecule has 1 heterocycles. The second kappa shape index (κ2) is 11.2. The number of aromatic nitrogens is 3. The molecule has 25 heavy (non-hydrogen) atoms. The summed E-state index contributed by atoms with van der Waals surface area (Å²) in [5, 5.41) is 14.8. The topological polar surface area (TPSA) is 84.2 Å². The van der Waals surface area contributed by atoms with Crippen LogP contribution in [0.1, 0.15) is 52.4 Å². The SMILES string of the molecule is CCNC(=NCCCCn1cnnc1)NC1CCCC(S(=O)CC)C1. The molecule has 1 saturated carbocycles. The van der Waals surface area contributed by atoms with Crippen molar-refractivity contribution in [3.63, 3.8) is 0 Å². The van der Waals surface area contributed by atoms with E-state index < -0.39 is 10.8 Å². The largest absolute Gasteiger partial charge is 0.357 e. The van der Waals surface area contributed by atoms with Crippen LogP contribution in [0.5, 0.6) is 0 Å². The van der Waals surface area contributed by atoms with Crippen molar-refractivity contribution in [2.75, 3.05) is 18.8 Å². The molecule has 7 nitrogen and oxygen atoms in total. The van der Waals surface area contributed by atoms with Crippen molar-refractivity contribution >= 4 is 16.8 Å². The number of aliphatic imine (C=N–C) groups is 1. The Kier molecular flexibility index (Phi) is 8.93. The zero-order valence-electron chi connectivity index (χ0n) is 15.5. The van der Waals surface area contributed by atoms with Gasteiger partial charge < -0.3 is 15.2 Å². The molecular formula is C17H32N6OS. The Morgan fingerprint density at radius 3 is 2.80 bits per heavy atom. The molecule has 0 bridgehead atoms. The number of hydrogen-bond donors (Lipinski definition) is 2. The highest BCUT2D eigenvalue weighted by atomic mass is 32.2. The van der Waals surface area contributed by atoms with Crippen LogP contribution in [0.2, 0.25) is 0 Å².